The Morgan fingerprint density at radius 3 is 2.35 bits per heavy atom. The Morgan fingerprint density at radius 2 is 1.85 bits per heavy atom. The molecule has 0 radical (unpaired) electrons. The third-order valence-electron chi connectivity index (χ3n) is 2.82. The summed E-state index contributed by atoms with van der Waals surface area (Å²) >= 11 is 0. The fourth-order valence-corrected chi connectivity index (χ4v) is 1.81. The second-order valence-electron chi connectivity index (χ2n) is 5.19. The predicted molar refractivity (Wildman–Crippen MR) is 75.1 cm³/mol. The first-order chi connectivity index (χ1) is 9.40. The molecule has 0 aliphatic rings. The number of hydrogen-bond donors (Lipinski definition) is 2. The number of carboxylic acid groups (broad SMARTS) is 1. The fraction of sp³-hybridized carbons (Fsp3) is 0.467. The molecule has 2 atom stereocenters. The molecule has 110 valence electrons. The van der Waals surface area contributed by atoms with Crippen LogP contribution < -0.4 is 5.73 Å². The Morgan fingerprint density at radius 1 is 1.25 bits per heavy atom. The summed E-state index contributed by atoms with van der Waals surface area (Å²) in [5, 5.41) is 9.02. The van der Waals surface area contributed by atoms with Crippen LogP contribution in [0.15, 0.2) is 30.3 Å². The molecule has 0 saturated heterocycles. The van der Waals surface area contributed by atoms with Gasteiger partial charge >= 0.3 is 11.9 Å². The van der Waals surface area contributed by atoms with Crippen molar-refractivity contribution < 1.29 is 19.4 Å². The maximum absolute atomic E-state index is 11.8. The zero-order chi connectivity index (χ0) is 15.1. The SMILES string of the molecule is CC(C)C[C@H](OC(=O)[C@@H](N)Cc1ccccc1)C(=O)O. The van der Waals surface area contributed by atoms with Crippen molar-refractivity contribution in [2.45, 2.75) is 38.8 Å². The van der Waals surface area contributed by atoms with Gasteiger partial charge in [-0.25, -0.2) is 4.79 Å². The van der Waals surface area contributed by atoms with Gasteiger partial charge in [0.2, 0.25) is 0 Å². The van der Waals surface area contributed by atoms with E-state index >= 15 is 0 Å². The predicted octanol–water partition coefficient (Wildman–Crippen LogP) is 1.60. The Kier molecular flexibility index (Phi) is 6.18. The largest absolute Gasteiger partial charge is 0.479 e. The first-order valence-corrected chi connectivity index (χ1v) is 6.63. The molecule has 0 heterocycles. The van der Waals surface area contributed by atoms with Gasteiger partial charge in [-0.15, -0.1) is 0 Å². The zero-order valence-corrected chi connectivity index (χ0v) is 11.8. The van der Waals surface area contributed by atoms with E-state index in [0.717, 1.165) is 5.56 Å². The fourth-order valence-electron chi connectivity index (χ4n) is 1.81. The van der Waals surface area contributed by atoms with E-state index < -0.39 is 24.1 Å². The molecular weight excluding hydrogens is 258 g/mol. The number of carboxylic acids is 1. The molecule has 1 rings (SSSR count). The standard InChI is InChI=1S/C15H21NO4/c1-10(2)8-13(14(17)18)20-15(19)12(16)9-11-6-4-3-5-7-11/h3-7,10,12-13H,8-9,16H2,1-2H3,(H,17,18)/t12-,13-/m0/s1. The average Bonchev–Trinajstić information content (AvgIpc) is 2.38. The number of ether oxygens (including phenoxy) is 1. The lowest BCUT2D eigenvalue weighted by molar-refractivity contribution is -0.165. The van der Waals surface area contributed by atoms with Crippen molar-refractivity contribution >= 4 is 11.9 Å². The van der Waals surface area contributed by atoms with E-state index in [-0.39, 0.29) is 12.3 Å². The normalized spacial score (nSPS) is 13.8. The highest BCUT2D eigenvalue weighted by atomic mass is 16.6. The van der Waals surface area contributed by atoms with Crippen LogP contribution in [0.2, 0.25) is 0 Å². The van der Waals surface area contributed by atoms with E-state index in [1.54, 1.807) is 0 Å². The zero-order valence-electron chi connectivity index (χ0n) is 11.8. The average molecular weight is 279 g/mol. The van der Waals surface area contributed by atoms with E-state index in [4.69, 9.17) is 15.6 Å². The molecule has 3 N–H and O–H groups in total. The molecule has 1 aromatic rings. The molecule has 0 aliphatic carbocycles. The van der Waals surface area contributed by atoms with E-state index in [0.29, 0.717) is 6.42 Å². The highest BCUT2D eigenvalue weighted by Gasteiger charge is 2.26. The molecule has 0 spiro atoms. The molecule has 0 saturated carbocycles. The lowest BCUT2D eigenvalue weighted by atomic mass is 10.1. The smallest absolute Gasteiger partial charge is 0.345 e. The van der Waals surface area contributed by atoms with E-state index in [1.165, 1.54) is 0 Å². The van der Waals surface area contributed by atoms with Crippen LogP contribution in [-0.2, 0) is 20.7 Å². The minimum absolute atomic E-state index is 0.120. The quantitative estimate of drug-likeness (QED) is 0.740. The van der Waals surface area contributed by atoms with Crippen LogP contribution in [0.4, 0.5) is 0 Å². The molecule has 0 bridgehead atoms. The summed E-state index contributed by atoms with van der Waals surface area (Å²) < 4.78 is 4.99. The van der Waals surface area contributed by atoms with Gasteiger partial charge < -0.3 is 15.6 Å². The Hall–Kier alpha value is -1.88. The van der Waals surface area contributed by atoms with E-state index in [1.807, 2.05) is 44.2 Å². The first kappa shape index (κ1) is 16.2. The molecule has 0 amide bonds. The topological polar surface area (TPSA) is 89.6 Å². The Labute approximate surface area is 118 Å². The molecular formula is C15H21NO4. The van der Waals surface area contributed by atoms with Crippen molar-refractivity contribution in [3.8, 4) is 0 Å². The second-order valence-corrected chi connectivity index (χ2v) is 5.19. The number of carbonyl (C=O) groups excluding carboxylic acids is 1. The summed E-state index contributed by atoms with van der Waals surface area (Å²) in [6.07, 6.45) is -0.531. The van der Waals surface area contributed by atoms with Crippen molar-refractivity contribution in [1.82, 2.24) is 0 Å². The molecule has 20 heavy (non-hydrogen) atoms. The monoisotopic (exact) mass is 279 g/mol. The van der Waals surface area contributed by atoms with E-state index in [9.17, 15) is 9.59 Å². The number of esters is 1. The summed E-state index contributed by atoms with van der Waals surface area (Å²) in [6.45, 7) is 3.74. The summed E-state index contributed by atoms with van der Waals surface area (Å²) in [5.41, 5.74) is 6.67. The van der Waals surface area contributed by atoms with Crippen molar-refractivity contribution in [1.29, 1.82) is 0 Å². The molecule has 1 aromatic carbocycles. The van der Waals surface area contributed by atoms with Crippen LogP contribution in [0.5, 0.6) is 0 Å². The molecule has 5 heteroatoms. The van der Waals surface area contributed by atoms with Crippen LogP contribution in [0.25, 0.3) is 0 Å². The lowest BCUT2D eigenvalue weighted by Gasteiger charge is -2.18. The van der Waals surface area contributed by atoms with Crippen molar-refractivity contribution in [2.75, 3.05) is 0 Å². The molecule has 0 fully saturated rings. The lowest BCUT2D eigenvalue weighted by Crippen LogP contribution is -2.39. The Bertz CT molecular complexity index is 444. The summed E-state index contributed by atoms with van der Waals surface area (Å²) in [6, 6.07) is 8.44. The third kappa shape index (κ3) is 5.40. The third-order valence-corrected chi connectivity index (χ3v) is 2.82. The molecule has 0 aromatic heterocycles. The van der Waals surface area contributed by atoms with Gasteiger partial charge in [-0.2, -0.15) is 0 Å². The van der Waals surface area contributed by atoms with Gasteiger partial charge in [0.05, 0.1) is 0 Å². The molecule has 0 unspecified atom stereocenters. The van der Waals surface area contributed by atoms with E-state index in [2.05, 4.69) is 0 Å². The molecule has 5 nitrogen and oxygen atoms in total. The molecule has 0 aliphatic heterocycles. The highest BCUT2D eigenvalue weighted by molar-refractivity contribution is 5.81. The second kappa shape index (κ2) is 7.65. The minimum atomic E-state index is -1.14. The number of aliphatic carboxylic acids is 1. The van der Waals surface area contributed by atoms with Gasteiger partial charge in [0.15, 0.2) is 6.10 Å². The Balaban J connectivity index is 2.57. The number of rotatable bonds is 7. The van der Waals surface area contributed by atoms with Gasteiger partial charge in [-0.3, -0.25) is 4.79 Å². The van der Waals surface area contributed by atoms with Crippen LogP contribution in [0.3, 0.4) is 0 Å². The van der Waals surface area contributed by atoms with Crippen LogP contribution in [-0.4, -0.2) is 29.2 Å². The highest BCUT2D eigenvalue weighted by Crippen LogP contribution is 2.11. The van der Waals surface area contributed by atoms with Crippen LogP contribution >= 0.6 is 0 Å². The summed E-state index contributed by atoms with van der Waals surface area (Å²) in [5.74, 6) is -1.70. The number of benzene rings is 1. The van der Waals surface area contributed by atoms with Crippen LogP contribution in [0.1, 0.15) is 25.8 Å². The van der Waals surface area contributed by atoms with Gasteiger partial charge in [-0.05, 0) is 24.3 Å². The minimum Gasteiger partial charge on any atom is -0.479 e. The van der Waals surface area contributed by atoms with Crippen molar-refractivity contribution in [3.63, 3.8) is 0 Å². The maximum atomic E-state index is 11.8. The van der Waals surface area contributed by atoms with Gasteiger partial charge in [-0.1, -0.05) is 44.2 Å². The van der Waals surface area contributed by atoms with Crippen molar-refractivity contribution in [2.24, 2.45) is 11.7 Å². The summed E-state index contributed by atoms with van der Waals surface area (Å²) in [7, 11) is 0. The summed E-state index contributed by atoms with van der Waals surface area (Å²) in [4.78, 5) is 22.9. The number of carbonyl (C=O) groups is 2. The van der Waals surface area contributed by atoms with Gasteiger partial charge in [0.1, 0.15) is 6.04 Å². The van der Waals surface area contributed by atoms with Gasteiger partial charge in [0, 0.05) is 0 Å². The number of nitrogens with two attached hydrogens (primary N) is 1. The number of hydrogen-bond acceptors (Lipinski definition) is 4. The first-order valence-electron chi connectivity index (χ1n) is 6.63. The van der Waals surface area contributed by atoms with Crippen LogP contribution in [0, 0.1) is 5.92 Å². The van der Waals surface area contributed by atoms with Crippen molar-refractivity contribution in [3.05, 3.63) is 35.9 Å². The maximum Gasteiger partial charge on any atom is 0.345 e. The van der Waals surface area contributed by atoms with Gasteiger partial charge in [0.25, 0.3) is 0 Å².